The van der Waals surface area contributed by atoms with Crippen LogP contribution in [0, 0.1) is 0 Å². The van der Waals surface area contributed by atoms with Crippen LogP contribution in [0.3, 0.4) is 0 Å². The Labute approximate surface area is 121 Å². The molecule has 0 spiro atoms. The Bertz CT molecular complexity index is 334. The van der Waals surface area contributed by atoms with Crippen LogP contribution in [0.4, 0.5) is 0 Å². The Balaban J connectivity index is 1.90. The average molecular weight is 334 g/mol. The van der Waals surface area contributed by atoms with E-state index in [-0.39, 0.29) is 0 Å². The lowest BCUT2D eigenvalue weighted by Gasteiger charge is -2.19. The van der Waals surface area contributed by atoms with E-state index in [4.69, 9.17) is 0 Å². The van der Waals surface area contributed by atoms with Gasteiger partial charge in [0.1, 0.15) is 0 Å². The zero-order chi connectivity index (χ0) is 12.1. The number of halogens is 1. The third kappa shape index (κ3) is 3.98. The second-order valence-electron chi connectivity index (χ2n) is 4.53. The number of nitrogens with one attached hydrogen (secondary N) is 1. The van der Waals surface area contributed by atoms with Crippen molar-refractivity contribution >= 4 is 39.0 Å². The van der Waals surface area contributed by atoms with Crippen LogP contribution in [0.5, 0.6) is 0 Å². The van der Waals surface area contributed by atoms with Gasteiger partial charge in [0.15, 0.2) is 0 Å². The molecule has 1 saturated carbocycles. The Morgan fingerprint density at radius 1 is 1.47 bits per heavy atom. The van der Waals surface area contributed by atoms with Crippen LogP contribution in [0.25, 0.3) is 0 Å². The number of hydrogen-bond acceptors (Lipinski definition) is 3. The normalized spacial score (nSPS) is 18.7. The van der Waals surface area contributed by atoms with Gasteiger partial charge in [0, 0.05) is 26.9 Å². The summed E-state index contributed by atoms with van der Waals surface area (Å²) in [4.78, 5) is 0. The van der Waals surface area contributed by atoms with Crippen molar-refractivity contribution in [2.75, 3.05) is 12.3 Å². The first-order chi connectivity index (χ1) is 8.31. The van der Waals surface area contributed by atoms with Crippen LogP contribution >= 0.6 is 39.0 Å². The molecule has 0 saturated heterocycles. The molecule has 4 heteroatoms. The van der Waals surface area contributed by atoms with Gasteiger partial charge in [-0.3, -0.25) is 0 Å². The maximum Gasteiger partial charge on any atom is 0.0431 e. The third-order valence-electron chi connectivity index (χ3n) is 3.27. The first kappa shape index (κ1) is 13.9. The van der Waals surface area contributed by atoms with Gasteiger partial charge in [-0.2, -0.15) is 23.1 Å². The van der Waals surface area contributed by atoms with Crippen LogP contribution in [0.15, 0.2) is 15.2 Å². The largest absolute Gasteiger partial charge is 0.309 e. The molecule has 1 aliphatic rings. The Kier molecular flexibility index (Phi) is 5.87. The van der Waals surface area contributed by atoms with Gasteiger partial charge in [-0.05, 0) is 46.3 Å². The molecule has 1 atom stereocenters. The highest BCUT2D eigenvalue weighted by Gasteiger charge is 2.19. The topological polar surface area (TPSA) is 12.0 Å². The molecular formula is C13H20BrNS2. The molecule has 2 rings (SSSR count). The highest BCUT2D eigenvalue weighted by molar-refractivity contribution is 9.10. The van der Waals surface area contributed by atoms with E-state index in [9.17, 15) is 0 Å². The van der Waals surface area contributed by atoms with Gasteiger partial charge in [-0.15, -0.1) is 0 Å². The van der Waals surface area contributed by atoms with Gasteiger partial charge in [0.2, 0.25) is 0 Å². The van der Waals surface area contributed by atoms with Gasteiger partial charge in [-0.1, -0.05) is 19.8 Å². The maximum atomic E-state index is 3.65. The number of thioether (sulfide) groups is 1. The van der Waals surface area contributed by atoms with Crippen molar-refractivity contribution in [1.29, 1.82) is 0 Å². The molecule has 0 bridgehead atoms. The molecule has 1 aromatic rings. The van der Waals surface area contributed by atoms with Crippen molar-refractivity contribution in [2.45, 2.75) is 43.9 Å². The monoisotopic (exact) mass is 333 g/mol. The molecule has 1 fully saturated rings. The molecule has 1 aliphatic carbocycles. The zero-order valence-electron chi connectivity index (χ0n) is 10.2. The molecule has 1 heterocycles. The van der Waals surface area contributed by atoms with Gasteiger partial charge in [0.25, 0.3) is 0 Å². The van der Waals surface area contributed by atoms with Crippen molar-refractivity contribution in [2.24, 2.45) is 0 Å². The highest BCUT2D eigenvalue weighted by Crippen LogP contribution is 2.34. The molecule has 0 aromatic carbocycles. The minimum atomic E-state index is 0.506. The van der Waals surface area contributed by atoms with Crippen molar-refractivity contribution in [3.63, 3.8) is 0 Å². The second kappa shape index (κ2) is 7.17. The standard InChI is InChI=1S/C13H20BrNS2/c1-2-15-13(11-7-16-8-12(11)14)9-17-10-5-3-4-6-10/h7-8,10,13,15H,2-6,9H2,1H3. The lowest BCUT2D eigenvalue weighted by molar-refractivity contribution is 0.604. The predicted molar refractivity (Wildman–Crippen MR) is 83.2 cm³/mol. The van der Waals surface area contributed by atoms with Gasteiger partial charge in [0.05, 0.1) is 0 Å². The summed E-state index contributed by atoms with van der Waals surface area (Å²) < 4.78 is 1.26. The first-order valence-corrected chi connectivity index (χ1v) is 9.16. The fourth-order valence-corrected chi connectivity index (χ4v) is 5.39. The van der Waals surface area contributed by atoms with E-state index in [0.717, 1.165) is 11.8 Å². The summed E-state index contributed by atoms with van der Waals surface area (Å²) in [6.07, 6.45) is 5.72. The van der Waals surface area contributed by atoms with E-state index in [1.165, 1.54) is 41.5 Å². The van der Waals surface area contributed by atoms with Crippen LogP contribution in [-0.2, 0) is 0 Å². The van der Waals surface area contributed by atoms with Gasteiger partial charge in [-0.25, -0.2) is 0 Å². The van der Waals surface area contributed by atoms with Gasteiger partial charge >= 0.3 is 0 Å². The van der Waals surface area contributed by atoms with Crippen molar-refractivity contribution in [1.82, 2.24) is 5.32 Å². The van der Waals surface area contributed by atoms with Gasteiger partial charge < -0.3 is 5.32 Å². The summed E-state index contributed by atoms with van der Waals surface area (Å²) in [5.74, 6) is 1.20. The lowest BCUT2D eigenvalue weighted by atomic mass is 10.2. The first-order valence-electron chi connectivity index (χ1n) is 6.37. The molecule has 0 aliphatic heterocycles. The van der Waals surface area contributed by atoms with Crippen molar-refractivity contribution < 1.29 is 0 Å². The van der Waals surface area contributed by atoms with E-state index in [0.29, 0.717) is 6.04 Å². The summed E-state index contributed by atoms with van der Waals surface area (Å²) >= 11 is 7.59. The molecular weight excluding hydrogens is 314 g/mol. The van der Waals surface area contributed by atoms with Crippen LogP contribution in [0.1, 0.15) is 44.2 Å². The van der Waals surface area contributed by atoms with Crippen LogP contribution in [0.2, 0.25) is 0 Å². The predicted octanol–water partition coefficient (Wildman–Crippen LogP) is 4.84. The lowest BCUT2D eigenvalue weighted by Crippen LogP contribution is -2.23. The summed E-state index contributed by atoms with van der Waals surface area (Å²) in [6.45, 7) is 3.23. The van der Waals surface area contributed by atoms with Crippen LogP contribution < -0.4 is 5.32 Å². The second-order valence-corrected chi connectivity index (χ2v) is 7.46. The molecule has 1 nitrogen and oxygen atoms in total. The van der Waals surface area contributed by atoms with E-state index in [2.05, 4.69) is 50.7 Å². The number of rotatable bonds is 6. The zero-order valence-corrected chi connectivity index (χ0v) is 13.5. The minimum Gasteiger partial charge on any atom is -0.309 e. The molecule has 96 valence electrons. The SMILES string of the molecule is CCNC(CSC1CCCC1)c1cscc1Br. The van der Waals surface area contributed by atoms with Crippen molar-refractivity contribution in [3.8, 4) is 0 Å². The molecule has 1 N–H and O–H groups in total. The molecule has 0 radical (unpaired) electrons. The fourth-order valence-electron chi connectivity index (χ4n) is 2.33. The van der Waals surface area contributed by atoms with Crippen molar-refractivity contribution in [3.05, 3.63) is 20.8 Å². The van der Waals surface area contributed by atoms with E-state index in [1.54, 1.807) is 11.3 Å². The molecule has 1 aromatic heterocycles. The smallest absolute Gasteiger partial charge is 0.0431 e. The minimum absolute atomic E-state index is 0.506. The maximum absolute atomic E-state index is 3.65. The summed E-state index contributed by atoms with van der Waals surface area (Å²) in [5.41, 5.74) is 1.43. The molecule has 17 heavy (non-hydrogen) atoms. The van der Waals surface area contributed by atoms with E-state index in [1.807, 2.05) is 0 Å². The van der Waals surface area contributed by atoms with E-state index >= 15 is 0 Å². The number of thiophene rings is 1. The fraction of sp³-hybridized carbons (Fsp3) is 0.692. The molecule has 1 unspecified atom stereocenters. The Morgan fingerprint density at radius 2 is 2.24 bits per heavy atom. The Morgan fingerprint density at radius 3 is 2.82 bits per heavy atom. The Hall–Kier alpha value is 0.490. The summed E-state index contributed by atoms with van der Waals surface area (Å²) in [5, 5.41) is 8.97. The number of hydrogen-bond donors (Lipinski definition) is 1. The summed E-state index contributed by atoms with van der Waals surface area (Å²) in [7, 11) is 0. The average Bonchev–Trinajstić information content (AvgIpc) is 2.95. The highest BCUT2D eigenvalue weighted by atomic mass is 79.9. The summed E-state index contributed by atoms with van der Waals surface area (Å²) in [6, 6.07) is 0.506. The van der Waals surface area contributed by atoms with E-state index < -0.39 is 0 Å². The third-order valence-corrected chi connectivity index (χ3v) is 6.49. The molecule has 0 amide bonds. The van der Waals surface area contributed by atoms with Crippen LogP contribution in [-0.4, -0.2) is 17.5 Å². The quantitative estimate of drug-likeness (QED) is 0.799.